The Morgan fingerprint density at radius 1 is 1.25 bits per heavy atom. The van der Waals surface area contributed by atoms with E-state index in [2.05, 4.69) is 45.9 Å². The van der Waals surface area contributed by atoms with Gasteiger partial charge in [0.15, 0.2) is 0 Å². The first-order valence-electron chi connectivity index (χ1n) is 7.68. The molecule has 0 bridgehead atoms. The van der Waals surface area contributed by atoms with Crippen LogP contribution in [-0.4, -0.2) is 18.3 Å². The molecule has 1 aliphatic carbocycles. The number of aliphatic hydroxyl groups is 1. The quantitative estimate of drug-likeness (QED) is 0.882. The van der Waals surface area contributed by atoms with Crippen LogP contribution in [0.1, 0.15) is 69.9 Å². The van der Waals surface area contributed by atoms with Gasteiger partial charge in [-0.2, -0.15) is 0 Å². The highest BCUT2D eigenvalue weighted by atomic mass is 16.5. The standard InChI is InChI=1S/C18H28O2/c1-12(18(2,3)4)13-7-9-17(20-5)16(11-13)14-6-8-15(19)10-14/h7,9,11-12,14-15,19H,6,8,10H2,1-5H3. The van der Waals surface area contributed by atoms with Crippen molar-refractivity contribution in [2.45, 2.75) is 64.9 Å². The zero-order chi connectivity index (χ0) is 14.9. The van der Waals surface area contributed by atoms with Gasteiger partial charge in [0.2, 0.25) is 0 Å². The Balaban J connectivity index is 2.34. The zero-order valence-electron chi connectivity index (χ0n) is 13.4. The van der Waals surface area contributed by atoms with Crippen LogP contribution in [0.5, 0.6) is 5.75 Å². The van der Waals surface area contributed by atoms with Crippen LogP contribution in [0.2, 0.25) is 0 Å². The van der Waals surface area contributed by atoms with Gasteiger partial charge in [0.05, 0.1) is 13.2 Å². The third-order valence-corrected chi connectivity index (χ3v) is 4.90. The molecule has 1 fully saturated rings. The predicted molar refractivity (Wildman–Crippen MR) is 83.5 cm³/mol. The first-order valence-corrected chi connectivity index (χ1v) is 7.68. The Kier molecular flexibility index (Phi) is 4.43. The molecule has 1 N–H and O–H groups in total. The molecule has 2 heteroatoms. The second-order valence-corrected chi connectivity index (χ2v) is 7.25. The Bertz CT molecular complexity index is 459. The van der Waals surface area contributed by atoms with E-state index in [-0.39, 0.29) is 11.5 Å². The molecule has 2 nitrogen and oxygen atoms in total. The number of aliphatic hydroxyl groups excluding tert-OH is 1. The molecular formula is C18H28O2. The third kappa shape index (κ3) is 3.17. The first kappa shape index (κ1) is 15.4. The van der Waals surface area contributed by atoms with Gasteiger partial charge >= 0.3 is 0 Å². The molecule has 3 unspecified atom stereocenters. The number of ether oxygens (including phenoxy) is 1. The van der Waals surface area contributed by atoms with Gasteiger partial charge in [-0.3, -0.25) is 0 Å². The molecule has 1 aromatic rings. The van der Waals surface area contributed by atoms with Gasteiger partial charge in [-0.15, -0.1) is 0 Å². The van der Waals surface area contributed by atoms with Gasteiger partial charge in [-0.1, -0.05) is 39.8 Å². The van der Waals surface area contributed by atoms with Gasteiger partial charge in [0, 0.05) is 0 Å². The fraction of sp³-hybridized carbons (Fsp3) is 0.667. The van der Waals surface area contributed by atoms with Crippen molar-refractivity contribution in [1.82, 2.24) is 0 Å². The number of rotatable bonds is 3. The predicted octanol–water partition coefficient (Wildman–Crippen LogP) is 4.47. The smallest absolute Gasteiger partial charge is 0.122 e. The van der Waals surface area contributed by atoms with Crippen LogP contribution >= 0.6 is 0 Å². The lowest BCUT2D eigenvalue weighted by Crippen LogP contribution is -2.15. The van der Waals surface area contributed by atoms with Gasteiger partial charge in [0.25, 0.3) is 0 Å². The maximum Gasteiger partial charge on any atom is 0.122 e. The van der Waals surface area contributed by atoms with Gasteiger partial charge in [-0.05, 0) is 53.7 Å². The molecule has 2 rings (SSSR count). The Morgan fingerprint density at radius 2 is 1.95 bits per heavy atom. The maximum atomic E-state index is 9.79. The van der Waals surface area contributed by atoms with E-state index in [1.54, 1.807) is 7.11 Å². The van der Waals surface area contributed by atoms with Crippen molar-refractivity contribution in [3.63, 3.8) is 0 Å². The largest absolute Gasteiger partial charge is 0.496 e. The van der Waals surface area contributed by atoms with E-state index in [1.165, 1.54) is 11.1 Å². The van der Waals surface area contributed by atoms with E-state index in [0.29, 0.717) is 11.8 Å². The Labute approximate surface area is 123 Å². The van der Waals surface area contributed by atoms with Crippen LogP contribution < -0.4 is 4.74 Å². The van der Waals surface area contributed by atoms with E-state index in [4.69, 9.17) is 4.74 Å². The average Bonchev–Trinajstić information content (AvgIpc) is 2.82. The molecule has 0 amide bonds. The van der Waals surface area contributed by atoms with Crippen LogP contribution in [0.15, 0.2) is 18.2 Å². The summed E-state index contributed by atoms with van der Waals surface area (Å²) < 4.78 is 5.53. The Morgan fingerprint density at radius 3 is 2.45 bits per heavy atom. The van der Waals surface area contributed by atoms with Gasteiger partial charge in [0.1, 0.15) is 5.75 Å². The van der Waals surface area contributed by atoms with E-state index >= 15 is 0 Å². The molecule has 0 heterocycles. The Hall–Kier alpha value is -1.02. The molecule has 0 radical (unpaired) electrons. The summed E-state index contributed by atoms with van der Waals surface area (Å²) in [5.74, 6) is 1.90. The van der Waals surface area contributed by atoms with Crippen molar-refractivity contribution in [3.05, 3.63) is 29.3 Å². The molecule has 112 valence electrons. The van der Waals surface area contributed by atoms with Gasteiger partial charge < -0.3 is 9.84 Å². The summed E-state index contributed by atoms with van der Waals surface area (Å²) in [5.41, 5.74) is 2.90. The summed E-state index contributed by atoms with van der Waals surface area (Å²) in [6.45, 7) is 9.12. The summed E-state index contributed by atoms with van der Waals surface area (Å²) in [6.07, 6.45) is 2.69. The topological polar surface area (TPSA) is 29.5 Å². The van der Waals surface area contributed by atoms with E-state index in [1.807, 2.05) is 0 Å². The van der Waals surface area contributed by atoms with Crippen molar-refractivity contribution >= 4 is 0 Å². The second-order valence-electron chi connectivity index (χ2n) is 7.25. The number of hydrogen-bond donors (Lipinski definition) is 1. The van der Waals surface area contributed by atoms with E-state index in [9.17, 15) is 5.11 Å². The third-order valence-electron chi connectivity index (χ3n) is 4.90. The molecule has 0 aliphatic heterocycles. The minimum atomic E-state index is -0.145. The number of methoxy groups -OCH3 is 1. The zero-order valence-corrected chi connectivity index (χ0v) is 13.4. The van der Waals surface area contributed by atoms with E-state index < -0.39 is 0 Å². The highest BCUT2D eigenvalue weighted by Crippen LogP contribution is 2.42. The summed E-state index contributed by atoms with van der Waals surface area (Å²) in [7, 11) is 1.73. The molecule has 1 aromatic carbocycles. The fourth-order valence-electron chi connectivity index (χ4n) is 3.08. The lowest BCUT2D eigenvalue weighted by Gasteiger charge is -2.29. The molecule has 1 aliphatic rings. The molecule has 3 atom stereocenters. The normalized spacial score (nSPS) is 24.7. The monoisotopic (exact) mass is 276 g/mol. The number of benzene rings is 1. The lowest BCUT2D eigenvalue weighted by molar-refractivity contribution is 0.181. The highest BCUT2D eigenvalue weighted by Gasteiger charge is 2.28. The van der Waals surface area contributed by atoms with Crippen LogP contribution in [-0.2, 0) is 0 Å². The molecular weight excluding hydrogens is 248 g/mol. The minimum Gasteiger partial charge on any atom is -0.496 e. The average molecular weight is 276 g/mol. The molecule has 0 saturated heterocycles. The summed E-state index contributed by atoms with van der Waals surface area (Å²) in [4.78, 5) is 0. The van der Waals surface area contributed by atoms with Gasteiger partial charge in [-0.25, -0.2) is 0 Å². The molecule has 0 aromatic heterocycles. The minimum absolute atomic E-state index is 0.145. The molecule has 20 heavy (non-hydrogen) atoms. The van der Waals surface area contributed by atoms with Crippen LogP contribution in [0.25, 0.3) is 0 Å². The summed E-state index contributed by atoms with van der Waals surface area (Å²) in [6, 6.07) is 6.58. The molecule has 0 spiro atoms. The summed E-state index contributed by atoms with van der Waals surface area (Å²) >= 11 is 0. The number of hydrogen-bond acceptors (Lipinski definition) is 2. The van der Waals surface area contributed by atoms with Crippen LogP contribution in [0.3, 0.4) is 0 Å². The van der Waals surface area contributed by atoms with Crippen molar-refractivity contribution in [1.29, 1.82) is 0 Å². The second kappa shape index (κ2) is 5.77. The fourth-order valence-corrected chi connectivity index (χ4v) is 3.08. The van der Waals surface area contributed by atoms with Crippen LogP contribution in [0.4, 0.5) is 0 Å². The van der Waals surface area contributed by atoms with E-state index in [0.717, 1.165) is 25.0 Å². The van der Waals surface area contributed by atoms with Crippen LogP contribution in [0, 0.1) is 5.41 Å². The van der Waals surface area contributed by atoms with Crippen molar-refractivity contribution < 1.29 is 9.84 Å². The van der Waals surface area contributed by atoms with Crippen molar-refractivity contribution in [3.8, 4) is 5.75 Å². The maximum absolute atomic E-state index is 9.79. The summed E-state index contributed by atoms with van der Waals surface area (Å²) in [5, 5.41) is 9.79. The SMILES string of the molecule is COc1ccc(C(C)C(C)(C)C)cc1C1CCC(O)C1. The first-order chi connectivity index (χ1) is 9.32. The highest BCUT2D eigenvalue weighted by molar-refractivity contribution is 5.41. The molecule has 1 saturated carbocycles. The lowest BCUT2D eigenvalue weighted by atomic mass is 9.77. The van der Waals surface area contributed by atoms with Crippen molar-refractivity contribution in [2.75, 3.05) is 7.11 Å². The van der Waals surface area contributed by atoms with Crippen molar-refractivity contribution in [2.24, 2.45) is 5.41 Å².